The number of hydrogen-bond acceptors (Lipinski definition) is 10. The summed E-state index contributed by atoms with van der Waals surface area (Å²) in [7, 11) is -8.74. The summed E-state index contributed by atoms with van der Waals surface area (Å²) in [5.41, 5.74) is 6.42. The minimum Gasteiger partial charge on any atom is -0.384 e. The number of aliphatic imine (C=N–C) groups is 1. The molecule has 2 aliphatic heterocycles. The first-order valence-electron chi connectivity index (χ1n) is 9.71. The number of nitrogens with one attached hydrogen (secondary N) is 2. The van der Waals surface area contributed by atoms with Gasteiger partial charge in [0.25, 0.3) is 0 Å². The molecule has 0 saturated carbocycles. The van der Waals surface area contributed by atoms with Gasteiger partial charge in [0.2, 0.25) is 20.0 Å². The molecule has 1 aromatic carbocycles. The van der Waals surface area contributed by atoms with E-state index in [0.717, 1.165) is 13.0 Å². The van der Waals surface area contributed by atoms with E-state index in [9.17, 15) is 16.8 Å². The molecular formula is C18H22N8O4S2. The Balaban J connectivity index is 1.91. The van der Waals surface area contributed by atoms with Gasteiger partial charge in [-0.2, -0.15) is 5.11 Å². The minimum atomic E-state index is -4.52. The van der Waals surface area contributed by atoms with Gasteiger partial charge in [-0.25, -0.2) is 36.7 Å². The van der Waals surface area contributed by atoms with Crippen molar-refractivity contribution in [2.45, 2.75) is 16.2 Å². The third-order valence-electron chi connectivity index (χ3n) is 5.19. The van der Waals surface area contributed by atoms with Crippen molar-refractivity contribution in [2.75, 3.05) is 32.0 Å². The molecular weight excluding hydrogens is 456 g/mol. The number of anilines is 1. The molecule has 2 aromatic rings. The van der Waals surface area contributed by atoms with E-state index >= 15 is 0 Å². The van der Waals surface area contributed by atoms with Crippen molar-refractivity contribution in [3.05, 3.63) is 36.0 Å². The van der Waals surface area contributed by atoms with E-state index in [1.54, 1.807) is 6.07 Å². The molecule has 1 fully saturated rings. The van der Waals surface area contributed by atoms with Crippen LogP contribution in [0.1, 0.15) is 12.0 Å². The van der Waals surface area contributed by atoms with Crippen molar-refractivity contribution in [2.24, 2.45) is 26.3 Å². The van der Waals surface area contributed by atoms with Gasteiger partial charge in [0, 0.05) is 18.3 Å². The van der Waals surface area contributed by atoms with Gasteiger partial charge in [0.05, 0.1) is 5.56 Å². The zero-order valence-corrected chi connectivity index (χ0v) is 18.5. The number of nitrogens with two attached hydrogens (primary N) is 2. The highest BCUT2D eigenvalue weighted by Gasteiger charge is 2.33. The van der Waals surface area contributed by atoms with Gasteiger partial charge in [-0.15, -0.1) is 5.11 Å². The normalized spacial score (nSPS) is 18.8. The first-order valence-corrected chi connectivity index (χ1v) is 12.7. The molecule has 170 valence electrons. The van der Waals surface area contributed by atoms with E-state index in [2.05, 4.69) is 30.2 Å². The molecule has 6 N–H and O–H groups in total. The SMILES string of the molecule is Nc1ccc(-c2ccc(S(=O)(=O)NCC3CCNC3)c(S(N)(=O)=O)c2C2=NCN=N2)cn1. The Hall–Kier alpha value is -2.78. The second-order valence-corrected chi connectivity index (χ2v) is 10.6. The summed E-state index contributed by atoms with van der Waals surface area (Å²) in [6.45, 7) is 1.63. The first-order chi connectivity index (χ1) is 15.2. The average Bonchev–Trinajstić information content (AvgIpc) is 3.45. The van der Waals surface area contributed by atoms with Crippen LogP contribution in [0.25, 0.3) is 11.1 Å². The summed E-state index contributed by atoms with van der Waals surface area (Å²) >= 11 is 0. The Morgan fingerprint density at radius 2 is 1.97 bits per heavy atom. The fourth-order valence-electron chi connectivity index (χ4n) is 3.64. The highest BCUT2D eigenvalue weighted by atomic mass is 32.2. The van der Waals surface area contributed by atoms with Crippen LogP contribution in [0.4, 0.5) is 5.82 Å². The Bertz CT molecular complexity index is 1300. The molecule has 0 radical (unpaired) electrons. The minimum absolute atomic E-state index is 0.0112. The highest BCUT2D eigenvalue weighted by molar-refractivity contribution is 7.92. The molecule has 2 aliphatic rings. The third-order valence-corrected chi connectivity index (χ3v) is 7.78. The predicted octanol–water partition coefficient (Wildman–Crippen LogP) is 0.0359. The van der Waals surface area contributed by atoms with E-state index in [-0.39, 0.29) is 36.3 Å². The van der Waals surface area contributed by atoms with Crippen molar-refractivity contribution >= 4 is 31.7 Å². The summed E-state index contributed by atoms with van der Waals surface area (Å²) in [5.74, 6) is 0.345. The smallest absolute Gasteiger partial charge is 0.241 e. The Kier molecular flexibility index (Phi) is 6.05. The summed E-state index contributed by atoms with van der Waals surface area (Å²) in [5, 5.41) is 16.3. The van der Waals surface area contributed by atoms with Gasteiger partial charge in [-0.3, -0.25) is 0 Å². The molecule has 0 amide bonds. The molecule has 0 bridgehead atoms. The van der Waals surface area contributed by atoms with Crippen LogP contribution in [-0.2, 0) is 20.0 Å². The number of pyridine rings is 1. The van der Waals surface area contributed by atoms with E-state index in [4.69, 9.17) is 10.9 Å². The molecule has 14 heteroatoms. The number of rotatable bonds is 7. The van der Waals surface area contributed by atoms with Crippen molar-refractivity contribution < 1.29 is 16.8 Å². The monoisotopic (exact) mass is 478 g/mol. The number of aromatic nitrogens is 1. The lowest BCUT2D eigenvalue weighted by Gasteiger charge is -2.18. The number of nitrogens with zero attached hydrogens (tertiary/aromatic N) is 4. The van der Waals surface area contributed by atoms with Gasteiger partial charge in [-0.05, 0) is 49.2 Å². The van der Waals surface area contributed by atoms with Crippen LogP contribution in [0.2, 0.25) is 0 Å². The Morgan fingerprint density at radius 3 is 2.56 bits per heavy atom. The van der Waals surface area contributed by atoms with E-state index in [0.29, 0.717) is 17.7 Å². The second-order valence-electron chi connectivity index (χ2n) is 7.41. The molecule has 32 heavy (non-hydrogen) atoms. The average molecular weight is 479 g/mol. The molecule has 3 heterocycles. The number of sulfonamides is 2. The highest BCUT2D eigenvalue weighted by Crippen LogP contribution is 2.34. The van der Waals surface area contributed by atoms with Gasteiger partial charge >= 0.3 is 0 Å². The van der Waals surface area contributed by atoms with Crippen LogP contribution in [0.5, 0.6) is 0 Å². The molecule has 1 saturated heterocycles. The molecule has 4 rings (SSSR count). The third kappa shape index (κ3) is 4.54. The molecule has 1 atom stereocenters. The standard InChI is InChI=1S/C18H22N8O4S2/c19-15-4-1-12(9-22-15)13-2-3-14(32(29,30)25-8-11-5-6-21-7-11)17(31(20,27)28)16(13)18-23-10-24-26-18/h1-4,9,11,21,25H,5-8,10H2,(H2,19,22)(H2,20,27,28). The van der Waals surface area contributed by atoms with Crippen LogP contribution in [0, 0.1) is 5.92 Å². The van der Waals surface area contributed by atoms with Crippen molar-refractivity contribution in [3.8, 4) is 11.1 Å². The predicted molar refractivity (Wildman–Crippen MR) is 118 cm³/mol. The van der Waals surface area contributed by atoms with Crippen molar-refractivity contribution in [1.29, 1.82) is 0 Å². The quantitative estimate of drug-likeness (QED) is 0.431. The number of benzene rings is 1. The summed E-state index contributed by atoms with van der Waals surface area (Å²) < 4.78 is 54.2. The van der Waals surface area contributed by atoms with Crippen LogP contribution in [-0.4, -0.2) is 54.0 Å². The van der Waals surface area contributed by atoms with Gasteiger partial charge < -0.3 is 11.1 Å². The lowest BCUT2D eigenvalue weighted by atomic mass is 10.00. The van der Waals surface area contributed by atoms with Crippen LogP contribution in [0.15, 0.2) is 55.5 Å². The molecule has 1 unspecified atom stereocenters. The fourth-order valence-corrected chi connectivity index (χ4v) is 6.35. The zero-order valence-electron chi connectivity index (χ0n) is 16.9. The van der Waals surface area contributed by atoms with Crippen molar-refractivity contribution in [1.82, 2.24) is 15.0 Å². The summed E-state index contributed by atoms with van der Waals surface area (Å²) in [6.07, 6.45) is 2.25. The Morgan fingerprint density at radius 1 is 1.16 bits per heavy atom. The van der Waals surface area contributed by atoms with E-state index in [1.165, 1.54) is 24.4 Å². The maximum Gasteiger partial charge on any atom is 0.241 e. The number of primary sulfonamides is 1. The maximum atomic E-state index is 13.1. The van der Waals surface area contributed by atoms with Gasteiger partial charge in [-0.1, -0.05) is 6.07 Å². The summed E-state index contributed by atoms with van der Waals surface area (Å²) in [4.78, 5) is 7.07. The van der Waals surface area contributed by atoms with Crippen LogP contribution >= 0.6 is 0 Å². The van der Waals surface area contributed by atoms with E-state index < -0.39 is 29.8 Å². The number of azo groups is 1. The molecule has 12 nitrogen and oxygen atoms in total. The second kappa shape index (κ2) is 8.63. The van der Waals surface area contributed by atoms with Crippen molar-refractivity contribution in [3.63, 3.8) is 0 Å². The first kappa shape index (κ1) is 22.4. The van der Waals surface area contributed by atoms with Crippen LogP contribution < -0.4 is 20.9 Å². The number of hydrogen-bond donors (Lipinski definition) is 4. The largest absolute Gasteiger partial charge is 0.384 e. The lowest BCUT2D eigenvalue weighted by molar-refractivity contribution is 0.536. The topological polar surface area (TPSA) is 194 Å². The number of nitrogen functional groups attached to an aromatic ring is 1. The van der Waals surface area contributed by atoms with E-state index in [1.807, 2.05) is 0 Å². The summed E-state index contributed by atoms with van der Waals surface area (Å²) in [6, 6.07) is 5.84. The zero-order chi connectivity index (χ0) is 22.9. The maximum absolute atomic E-state index is 13.1. The van der Waals surface area contributed by atoms with Crippen LogP contribution in [0.3, 0.4) is 0 Å². The van der Waals surface area contributed by atoms with Gasteiger partial charge in [0.15, 0.2) is 12.5 Å². The molecule has 0 spiro atoms. The Labute approximate surface area is 185 Å². The molecule has 0 aliphatic carbocycles. The lowest BCUT2D eigenvalue weighted by Crippen LogP contribution is -2.32. The van der Waals surface area contributed by atoms with Gasteiger partial charge in [0.1, 0.15) is 15.6 Å². The molecule has 1 aromatic heterocycles. The fraction of sp³-hybridized carbons (Fsp3) is 0.333. The number of amidine groups is 1.